The van der Waals surface area contributed by atoms with Crippen LogP contribution in [0, 0.1) is 0 Å². The molecule has 2 nitrogen and oxygen atoms in total. The number of hydrogen-bond acceptors (Lipinski definition) is 3. The van der Waals surface area contributed by atoms with Crippen molar-refractivity contribution >= 4 is 16.3 Å². The van der Waals surface area contributed by atoms with E-state index in [-0.39, 0.29) is 0 Å². The lowest BCUT2D eigenvalue weighted by Gasteiger charge is -1.89. The van der Waals surface area contributed by atoms with E-state index in [4.69, 9.17) is 5.73 Å². The van der Waals surface area contributed by atoms with Crippen molar-refractivity contribution in [3.63, 3.8) is 0 Å². The summed E-state index contributed by atoms with van der Waals surface area (Å²) in [5, 5.41) is 2.18. The Labute approximate surface area is 76.8 Å². The first-order valence-corrected chi connectivity index (χ1v) is 5.38. The minimum absolute atomic E-state index is 0.701. The quantitative estimate of drug-likeness (QED) is 0.780. The van der Waals surface area contributed by atoms with Gasteiger partial charge in [0.1, 0.15) is 5.00 Å². The van der Waals surface area contributed by atoms with E-state index in [9.17, 15) is 0 Å². The second-order valence-electron chi connectivity index (χ2n) is 3.38. The summed E-state index contributed by atoms with van der Waals surface area (Å²) in [5.74, 6) is 0.701. The molecule has 0 atom stereocenters. The topological polar surface area (TPSA) is 38.9 Å². The molecule has 0 unspecified atom stereocenters. The number of nitrogens with zero attached hydrogens (tertiary/aromatic N) is 1. The first-order chi connectivity index (χ1) is 5.81. The van der Waals surface area contributed by atoms with Crippen LogP contribution in [0.15, 0.2) is 0 Å². The van der Waals surface area contributed by atoms with Gasteiger partial charge in [-0.2, -0.15) is 0 Å². The van der Waals surface area contributed by atoms with Gasteiger partial charge in [-0.1, -0.05) is 6.92 Å². The molecule has 3 heteroatoms. The van der Waals surface area contributed by atoms with E-state index in [0.29, 0.717) is 5.92 Å². The molecule has 0 amide bonds. The smallest absolute Gasteiger partial charge is 0.110 e. The molecule has 1 heterocycles. The van der Waals surface area contributed by atoms with Crippen molar-refractivity contribution in [1.29, 1.82) is 0 Å². The Bertz CT molecular complexity index is 276. The minimum atomic E-state index is 0.701. The highest BCUT2D eigenvalue weighted by Crippen LogP contribution is 2.43. The van der Waals surface area contributed by atoms with Crippen molar-refractivity contribution in [2.75, 3.05) is 5.73 Å². The number of aromatic nitrogens is 1. The number of anilines is 1. The third-order valence-electron chi connectivity index (χ3n) is 2.15. The predicted octanol–water partition coefficient (Wildman–Crippen LogP) is 2.56. The van der Waals surface area contributed by atoms with Crippen LogP contribution in [-0.4, -0.2) is 4.98 Å². The van der Waals surface area contributed by atoms with Crippen molar-refractivity contribution in [2.45, 2.75) is 38.5 Å². The van der Waals surface area contributed by atoms with Gasteiger partial charge in [0, 0.05) is 5.92 Å². The Morgan fingerprint density at radius 2 is 2.33 bits per heavy atom. The zero-order valence-electron chi connectivity index (χ0n) is 7.34. The fourth-order valence-electron chi connectivity index (χ4n) is 1.36. The average Bonchev–Trinajstić information content (AvgIpc) is 2.79. The summed E-state index contributed by atoms with van der Waals surface area (Å²) in [5.41, 5.74) is 7.05. The van der Waals surface area contributed by atoms with Gasteiger partial charge in [0.15, 0.2) is 0 Å². The molecule has 66 valence electrons. The summed E-state index contributed by atoms with van der Waals surface area (Å²) in [7, 11) is 0. The molecular weight excluding hydrogens is 168 g/mol. The Hall–Kier alpha value is -0.570. The SMILES string of the molecule is CCCc1nc(C2CC2)c(N)s1. The summed E-state index contributed by atoms with van der Waals surface area (Å²) in [4.78, 5) is 4.56. The molecule has 2 rings (SSSR count). The van der Waals surface area contributed by atoms with Crippen LogP contribution in [0.2, 0.25) is 0 Å². The maximum absolute atomic E-state index is 5.87. The second-order valence-corrected chi connectivity index (χ2v) is 4.50. The van der Waals surface area contributed by atoms with Crippen LogP contribution >= 0.6 is 11.3 Å². The highest BCUT2D eigenvalue weighted by Gasteiger charge is 2.28. The molecule has 0 spiro atoms. The lowest BCUT2D eigenvalue weighted by Crippen LogP contribution is -1.88. The number of nitrogens with two attached hydrogens (primary N) is 1. The van der Waals surface area contributed by atoms with Crippen molar-refractivity contribution < 1.29 is 0 Å². The zero-order valence-corrected chi connectivity index (χ0v) is 8.16. The molecular formula is C9H14N2S. The number of aryl methyl sites for hydroxylation is 1. The van der Waals surface area contributed by atoms with Crippen LogP contribution in [0.5, 0.6) is 0 Å². The van der Waals surface area contributed by atoms with Gasteiger partial charge in [0.25, 0.3) is 0 Å². The highest BCUT2D eigenvalue weighted by molar-refractivity contribution is 7.15. The minimum Gasteiger partial charge on any atom is -0.389 e. The molecule has 0 radical (unpaired) electrons. The normalized spacial score (nSPS) is 16.8. The van der Waals surface area contributed by atoms with Gasteiger partial charge >= 0.3 is 0 Å². The molecule has 0 aromatic carbocycles. The third-order valence-corrected chi connectivity index (χ3v) is 3.11. The Balaban J connectivity index is 2.18. The first kappa shape index (κ1) is 8.05. The molecule has 0 bridgehead atoms. The largest absolute Gasteiger partial charge is 0.389 e. The van der Waals surface area contributed by atoms with Crippen LogP contribution in [-0.2, 0) is 6.42 Å². The van der Waals surface area contributed by atoms with Crippen LogP contribution in [0.3, 0.4) is 0 Å². The number of thiazole rings is 1. The van der Waals surface area contributed by atoms with Crippen molar-refractivity contribution in [2.24, 2.45) is 0 Å². The molecule has 0 saturated heterocycles. The fraction of sp³-hybridized carbons (Fsp3) is 0.667. The maximum atomic E-state index is 5.87. The van der Waals surface area contributed by atoms with E-state index in [1.54, 1.807) is 11.3 Å². The first-order valence-electron chi connectivity index (χ1n) is 4.56. The van der Waals surface area contributed by atoms with Crippen LogP contribution < -0.4 is 5.73 Å². The van der Waals surface area contributed by atoms with Gasteiger partial charge in [0.05, 0.1) is 10.7 Å². The summed E-state index contributed by atoms with van der Waals surface area (Å²) in [6, 6.07) is 0. The molecule has 1 aliphatic carbocycles. The number of nitrogen functional groups attached to an aromatic ring is 1. The standard InChI is InChI=1S/C9H14N2S/c1-2-3-7-11-8(6-4-5-6)9(10)12-7/h6H,2-5,10H2,1H3. The average molecular weight is 182 g/mol. The Morgan fingerprint density at radius 1 is 1.58 bits per heavy atom. The molecule has 12 heavy (non-hydrogen) atoms. The van der Waals surface area contributed by atoms with Gasteiger partial charge < -0.3 is 5.73 Å². The summed E-state index contributed by atoms with van der Waals surface area (Å²) in [6.07, 6.45) is 4.83. The molecule has 0 aliphatic heterocycles. The van der Waals surface area contributed by atoms with Crippen molar-refractivity contribution in [1.82, 2.24) is 4.98 Å². The van der Waals surface area contributed by atoms with E-state index in [1.807, 2.05) is 0 Å². The molecule has 2 N–H and O–H groups in total. The number of hydrogen-bond donors (Lipinski definition) is 1. The number of rotatable bonds is 3. The van der Waals surface area contributed by atoms with E-state index in [1.165, 1.54) is 23.5 Å². The Morgan fingerprint density at radius 3 is 2.92 bits per heavy atom. The molecule has 1 aromatic rings. The van der Waals surface area contributed by atoms with Crippen LogP contribution in [0.25, 0.3) is 0 Å². The fourth-order valence-corrected chi connectivity index (χ4v) is 2.38. The summed E-state index contributed by atoms with van der Waals surface area (Å²) in [6.45, 7) is 2.17. The predicted molar refractivity (Wildman–Crippen MR) is 52.5 cm³/mol. The van der Waals surface area contributed by atoms with Crippen molar-refractivity contribution in [3.05, 3.63) is 10.7 Å². The monoisotopic (exact) mass is 182 g/mol. The zero-order chi connectivity index (χ0) is 8.55. The molecule has 1 aromatic heterocycles. The molecule has 1 aliphatic rings. The lowest BCUT2D eigenvalue weighted by molar-refractivity contribution is 0.892. The van der Waals surface area contributed by atoms with Gasteiger partial charge in [-0.15, -0.1) is 11.3 Å². The molecule has 1 saturated carbocycles. The summed E-state index contributed by atoms with van der Waals surface area (Å²) >= 11 is 1.67. The van der Waals surface area contributed by atoms with E-state index >= 15 is 0 Å². The van der Waals surface area contributed by atoms with Gasteiger partial charge in [-0.25, -0.2) is 4.98 Å². The Kier molecular flexibility index (Phi) is 2.05. The van der Waals surface area contributed by atoms with Crippen LogP contribution in [0.4, 0.5) is 5.00 Å². The summed E-state index contributed by atoms with van der Waals surface area (Å²) < 4.78 is 0. The highest BCUT2D eigenvalue weighted by atomic mass is 32.1. The van der Waals surface area contributed by atoms with Gasteiger partial charge in [-0.3, -0.25) is 0 Å². The van der Waals surface area contributed by atoms with Crippen molar-refractivity contribution in [3.8, 4) is 0 Å². The lowest BCUT2D eigenvalue weighted by atomic mass is 10.3. The van der Waals surface area contributed by atoms with E-state index in [2.05, 4.69) is 11.9 Å². The second kappa shape index (κ2) is 3.05. The maximum Gasteiger partial charge on any atom is 0.110 e. The van der Waals surface area contributed by atoms with E-state index < -0.39 is 0 Å². The van der Waals surface area contributed by atoms with Gasteiger partial charge in [-0.05, 0) is 25.7 Å². The third kappa shape index (κ3) is 1.46. The van der Waals surface area contributed by atoms with E-state index in [0.717, 1.165) is 17.8 Å². The molecule has 1 fully saturated rings. The van der Waals surface area contributed by atoms with Crippen LogP contribution in [0.1, 0.15) is 42.8 Å². The van der Waals surface area contributed by atoms with Gasteiger partial charge in [0.2, 0.25) is 0 Å².